The summed E-state index contributed by atoms with van der Waals surface area (Å²) in [5, 5.41) is 0. The van der Waals surface area contributed by atoms with Gasteiger partial charge in [-0.1, -0.05) is 30.3 Å². The largest absolute Gasteiger partial charge is 0.338 e. The van der Waals surface area contributed by atoms with Crippen molar-refractivity contribution in [3.8, 4) is 0 Å². The summed E-state index contributed by atoms with van der Waals surface area (Å²) in [6, 6.07) is 9.05. The van der Waals surface area contributed by atoms with Gasteiger partial charge in [0.1, 0.15) is 6.04 Å². The third-order valence-corrected chi connectivity index (χ3v) is 3.97. The van der Waals surface area contributed by atoms with Crippen LogP contribution in [0.25, 0.3) is 0 Å². The van der Waals surface area contributed by atoms with Crippen molar-refractivity contribution in [1.82, 2.24) is 14.7 Å². The maximum absolute atomic E-state index is 12.4. The number of likely N-dealkylation sites (N-methyl/N-ethyl adjacent to an activating group) is 1. The van der Waals surface area contributed by atoms with Gasteiger partial charge in [-0.2, -0.15) is 0 Å². The first kappa shape index (κ1) is 15.9. The minimum atomic E-state index is -0.542. The maximum Gasteiger partial charge on any atom is 0.244 e. The third-order valence-electron chi connectivity index (χ3n) is 3.97. The van der Waals surface area contributed by atoms with E-state index in [2.05, 4.69) is 23.9 Å². The molecule has 0 unspecified atom stereocenters. The summed E-state index contributed by atoms with van der Waals surface area (Å²) < 4.78 is 0. The van der Waals surface area contributed by atoms with Gasteiger partial charge in [0.2, 0.25) is 5.91 Å². The Morgan fingerprint density at radius 2 is 1.81 bits per heavy atom. The Labute approximate surface area is 127 Å². The highest BCUT2D eigenvalue weighted by atomic mass is 16.2. The minimum absolute atomic E-state index is 0.0356. The maximum atomic E-state index is 12.4. The van der Waals surface area contributed by atoms with Gasteiger partial charge in [-0.3, -0.25) is 9.69 Å². The molecule has 1 aromatic carbocycles. The van der Waals surface area contributed by atoms with E-state index in [4.69, 9.17) is 5.73 Å². The molecule has 0 radical (unpaired) electrons. The summed E-state index contributed by atoms with van der Waals surface area (Å²) in [7, 11) is 4.16. The molecular formula is C16H26N4O. The highest BCUT2D eigenvalue weighted by Crippen LogP contribution is 2.14. The second-order valence-electron chi connectivity index (χ2n) is 5.86. The first-order valence-corrected chi connectivity index (χ1v) is 7.54. The molecule has 0 saturated carbocycles. The number of hydrogen-bond acceptors (Lipinski definition) is 4. The van der Waals surface area contributed by atoms with Crippen LogP contribution in [0.15, 0.2) is 30.3 Å². The van der Waals surface area contributed by atoms with Crippen LogP contribution in [0, 0.1) is 0 Å². The number of hydrogen-bond donors (Lipinski definition) is 1. The van der Waals surface area contributed by atoms with Gasteiger partial charge >= 0.3 is 0 Å². The Morgan fingerprint density at radius 3 is 2.38 bits per heavy atom. The molecule has 1 amide bonds. The summed E-state index contributed by atoms with van der Waals surface area (Å²) in [5.74, 6) is 0.0356. The zero-order valence-corrected chi connectivity index (χ0v) is 13.0. The lowest BCUT2D eigenvalue weighted by Crippen LogP contribution is -2.51. The minimum Gasteiger partial charge on any atom is -0.338 e. The second-order valence-corrected chi connectivity index (χ2v) is 5.86. The van der Waals surface area contributed by atoms with Gasteiger partial charge in [0.25, 0.3) is 0 Å². The van der Waals surface area contributed by atoms with Crippen molar-refractivity contribution >= 4 is 5.91 Å². The number of amides is 1. The zero-order chi connectivity index (χ0) is 15.2. The van der Waals surface area contributed by atoms with Crippen LogP contribution in [-0.4, -0.2) is 74.0 Å². The van der Waals surface area contributed by atoms with Gasteiger partial charge in [0, 0.05) is 39.3 Å². The van der Waals surface area contributed by atoms with E-state index in [1.54, 1.807) is 0 Å². The van der Waals surface area contributed by atoms with E-state index < -0.39 is 6.04 Å². The van der Waals surface area contributed by atoms with Crippen LogP contribution in [-0.2, 0) is 4.79 Å². The molecule has 5 heteroatoms. The van der Waals surface area contributed by atoms with Crippen LogP contribution in [0.5, 0.6) is 0 Å². The van der Waals surface area contributed by atoms with Gasteiger partial charge in [0.05, 0.1) is 0 Å². The van der Waals surface area contributed by atoms with E-state index in [-0.39, 0.29) is 5.91 Å². The average Bonchev–Trinajstić information content (AvgIpc) is 2.53. The van der Waals surface area contributed by atoms with Crippen LogP contribution in [0.3, 0.4) is 0 Å². The predicted molar refractivity (Wildman–Crippen MR) is 84.9 cm³/mol. The third kappa shape index (κ3) is 4.52. The lowest BCUT2D eigenvalue weighted by molar-refractivity contribution is -0.134. The SMILES string of the molecule is CN(C)CCN1CCN(C(=O)[C@H](N)c2ccccc2)CC1. The molecule has 21 heavy (non-hydrogen) atoms. The Morgan fingerprint density at radius 1 is 1.19 bits per heavy atom. The Hall–Kier alpha value is -1.43. The molecule has 2 rings (SSSR count). The number of carbonyl (C=O) groups excluding carboxylic acids is 1. The number of rotatable bonds is 5. The number of benzene rings is 1. The lowest BCUT2D eigenvalue weighted by atomic mass is 10.1. The smallest absolute Gasteiger partial charge is 0.244 e. The standard InChI is InChI=1S/C16H26N4O/c1-18(2)8-9-19-10-12-20(13-11-19)16(21)15(17)14-6-4-3-5-7-14/h3-7,15H,8-13,17H2,1-2H3/t15-/m1/s1. The highest BCUT2D eigenvalue weighted by Gasteiger charge is 2.25. The van der Waals surface area contributed by atoms with E-state index in [1.807, 2.05) is 35.2 Å². The molecule has 1 fully saturated rings. The molecule has 1 aliphatic rings. The summed E-state index contributed by atoms with van der Waals surface area (Å²) in [6.45, 7) is 5.51. The normalized spacial score (nSPS) is 18.0. The van der Waals surface area contributed by atoms with Crippen molar-refractivity contribution in [2.24, 2.45) is 5.73 Å². The molecule has 116 valence electrons. The molecule has 1 aromatic rings. The number of carbonyl (C=O) groups is 1. The van der Waals surface area contributed by atoms with Crippen molar-refractivity contribution in [2.75, 3.05) is 53.4 Å². The van der Waals surface area contributed by atoms with Crippen molar-refractivity contribution in [3.05, 3.63) is 35.9 Å². The molecule has 0 spiro atoms. The summed E-state index contributed by atoms with van der Waals surface area (Å²) >= 11 is 0. The van der Waals surface area contributed by atoms with Gasteiger partial charge < -0.3 is 15.5 Å². The first-order chi connectivity index (χ1) is 10.1. The Balaban J connectivity index is 1.83. The van der Waals surface area contributed by atoms with Gasteiger partial charge in [-0.25, -0.2) is 0 Å². The predicted octanol–water partition coefficient (Wildman–Crippen LogP) is 0.392. The quantitative estimate of drug-likeness (QED) is 0.852. The van der Waals surface area contributed by atoms with E-state index in [9.17, 15) is 4.79 Å². The van der Waals surface area contributed by atoms with Gasteiger partial charge in [-0.05, 0) is 19.7 Å². The first-order valence-electron chi connectivity index (χ1n) is 7.54. The lowest BCUT2D eigenvalue weighted by Gasteiger charge is -2.36. The summed E-state index contributed by atoms with van der Waals surface area (Å²) in [6.07, 6.45) is 0. The molecule has 5 nitrogen and oxygen atoms in total. The Bertz CT molecular complexity index is 441. The van der Waals surface area contributed by atoms with Gasteiger partial charge in [0.15, 0.2) is 0 Å². The number of piperazine rings is 1. The highest BCUT2D eigenvalue weighted by molar-refractivity contribution is 5.83. The molecular weight excluding hydrogens is 264 g/mol. The van der Waals surface area contributed by atoms with E-state index in [0.717, 1.165) is 44.8 Å². The fourth-order valence-electron chi connectivity index (χ4n) is 2.53. The van der Waals surface area contributed by atoms with Gasteiger partial charge in [-0.15, -0.1) is 0 Å². The fourth-order valence-corrected chi connectivity index (χ4v) is 2.53. The van der Waals surface area contributed by atoms with Crippen molar-refractivity contribution < 1.29 is 4.79 Å². The molecule has 1 heterocycles. The van der Waals surface area contributed by atoms with E-state index >= 15 is 0 Å². The van der Waals surface area contributed by atoms with Crippen LogP contribution < -0.4 is 5.73 Å². The van der Waals surface area contributed by atoms with Crippen LogP contribution >= 0.6 is 0 Å². The molecule has 1 atom stereocenters. The van der Waals surface area contributed by atoms with Crippen LogP contribution in [0.2, 0.25) is 0 Å². The number of nitrogens with two attached hydrogens (primary N) is 1. The molecule has 0 aliphatic carbocycles. The fraction of sp³-hybridized carbons (Fsp3) is 0.562. The van der Waals surface area contributed by atoms with Crippen molar-refractivity contribution in [3.63, 3.8) is 0 Å². The monoisotopic (exact) mass is 290 g/mol. The average molecular weight is 290 g/mol. The van der Waals surface area contributed by atoms with Crippen LogP contribution in [0.1, 0.15) is 11.6 Å². The Kier molecular flexibility index (Phi) is 5.73. The van der Waals surface area contributed by atoms with Crippen molar-refractivity contribution in [1.29, 1.82) is 0 Å². The molecule has 1 aliphatic heterocycles. The van der Waals surface area contributed by atoms with E-state index in [1.165, 1.54) is 0 Å². The van der Waals surface area contributed by atoms with E-state index in [0.29, 0.717) is 0 Å². The molecule has 0 aromatic heterocycles. The molecule has 1 saturated heterocycles. The van der Waals surface area contributed by atoms with Crippen molar-refractivity contribution in [2.45, 2.75) is 6.04 Å². The second kappa shape index (κ2) is 7.54. The summed E-state index contributed by atoms with van der Waals surface area (Å²) in [4.78, 5) is 18.9. The van der Waals surface area contributed by atoms with Crippen LogP contribution in [0.4, 0.5) is 0 Å². The zero-order valence-electron chi connectivity index (χ0n) is 13.0. The molecule has 0 bridgehead atoms. The topological polar surface area (TPSA) is 52.8 Å². The molecule has 2 N–H and O–H groups in total. The summed E-state index contributed by atoms with van der Waals surface area (Å²) in [5.41, 5.74) is 6.98. The number of nitrogens with zero attached hydrogens (tertiary/aromatic N) is 3.